The summed E-state index contributed by atoms with van der Waals surface area (Å²) >= 11 is 3.47. The Morgan fingerprint density at radius 2 is 1.85 bits per heavy atom. The highest BCUT2D eigenvalue weighted by Gasteiger charge is 2.20. The summed E-state index contributed by atoms with van der Waals surface area (Å²) in [5.74, 6) is 0.578. The van der Waals surface area contributed by atoms with E-state index in [-0.39, 0.29) is 0 Å². The summed E-state index contributed by atoms with van der Waals surface area (Å²) in [6, 6.07) is 7.58. The Morgan fingerprint density at radius 1 is 1.20 bits per heavy atom. The predicted molar refractivity (Wildman–Crippen MR) is 81.1 cm³/mol. The van der Waals surface area contributed by atoms with Crippen molar-refractivity contribution in [2.24, 2.45) is 9.57 Å². The second kappa shape index (κ2) is 6.96. The van der Waals surface area contributed by atoms with Crippen LogP contribution in [-0.2, 0) is 10.5 Å². The first-order valence-corrected chi connectivity index (χ1v) is 7.97. The molecule has 1 saturated heterocycles. The molecule has 0 saturated carbocycles. The maximum Gasteiger partial charge on any atom is 0.334 e. The van der Waals surface area contributed by atoms with Crippen molar-refractivity contribution in [2.75, 3.05) is 33.2 Å². The highest BCUT2D eigenvalue weighted by molar-refractivity contribution is 9.10. The summed E-state index contributed by atoms with van der Waals surface area (Å²) in [5, 5.41) is 3.91. The summed E-state index contributed by atoms with van der Waals surface area (Å²) in [5.41, 5.74) is 0.839. The van der Waals surface area contributed by atoms with E-state index in [9.17, 15) is 8.42 Å². The summed E-state index contributed by atoms with van der Waals surface area (Å²) < 4.78 is 25.4. The fourth-order valence-electron chi connectivity index (χ4n) is 2.02. The number of rotatable bonds is 2. The van der Waals surface area contributed by atoms with E-state index in [1.165, 1.54) is 0 Å². The third-order valence-electron chi connectivity index (χ3n) is 3.12. The molecule has 1 heterocycles. The van der Waals surface area contributed by atoms with E-state index < -0.39 is 10.5 Å². The van der Waals surface area contributed by atoms with Gasteiger partial charge < -0.3 is 9.80 Å². The monoisotopic (exact) mass is 358 g/mol. The van der Waals surface area contributed by atoms with Crippen molar-refractivity contribution < 1.29 is 8.42 Å². The van der Waals surface area contributed by atoms with Crippen LogP contribution in [0.2, 0.25) is 0 Å². The van der Waals surface area contributed by atoms with Crippen LogP contribution in [0.15, 0.2) is 38.3 Å². The highest BCUT2D eigenvalue weighted by Crippen LogP contribution is 2.19. The van der Waals surface area contributed by atoms with Gasteiger partial charge in [-0.05, 0) is 17.6 Å². The molecule has 8 heteroatoms. The van der Waals surface area contributed by atoms with Gasteiger partial charge in [-0.15, -0.1) is 5.10 Å². The van der Waals surface area contributed by atoms with Crippen molar-refractivity contribution >= 4 is 32.3 Å². The highest BCUT2D eigenvalue weighted by atomic mass is 79.9. The van der Waals surface area contributed by atoms with E-state index >= 15 is 0 Å². The number of hydrogen-bond donors (Lipinski definition) is 0. The molecule has 0 aliphatic carbocycles. The summed E-state index contributed by atoms with van der Waals surface area (Å²) in [6.07, 6.45) is 0. The molecule has 0 bridgehead atoms. The van der Waals surface area contributed by atoms with Gasteiger partial charge in [0, 0.05) is 36.2 Å². The molecule has 1 fully saturated rings. The maximum atomic E-state index is 10.6. The van der Waals surface area contributed by atoms with E-state index in [0.29, 0.717) is 5.84 Å². The molecule has 1 aliphatic rings. The SMILES string of the molecule is CN1CCN(C(=NN=S(=O)=O)c2ccccc2Br)CC1. The second-order valence-corrected chi connectivity index (χ2v) is 5.94. The zero-order valence-corrected chi connectivity index (χ0v) is 13.4. The first-order valence-electron chi connectivity index (χ1n) is 6.14. The molecular formula is C12H15BrN4O2S. The minimum Gasteiger partial charge on any atom is -0.352 e. The fraction of sp³-hybridized carbons (Fsp3) is 0.417. The van der Waals surface area contributed by atoms with Gasteiger partial charge in [0.15, 0.2) is 5.84 Å². The molecule has 0 N–H and O–H groups in total. The van der Waals surface area contributed by atoms with Crippen LogP contribution in [0.1, 0.15) is 5.56 Å². The molecule has 0 unspecified atom stereocenters. The minimum absolute atomic E-state index is 0.578. The van der Waals surface area contributed by atoms with Crippen LogP contribution in [0.3, 0.4) is 0 Å². The van der Waals surface area contributed by atoms with Crippen LogP contribution in [0.25, 0.3) is 0 Å². The largest absolute Gasteiger partial charge is 0.352 e. The van der Waals surface area contributed by atoms with Crippen molar-refractivity contribution in [1.82, 2.24) is 9.80 Å². The number of amidine groups is 1. The average molecular weight is 359 g/mol. The van der Waals surface area contributed by atoms with Crippen LogP contribution >= 0.6 is 15.9 Å². The molecule has 1 aromatic rings. The second-order valence-electron chi connectivity index (χ2n) is 4.49. The molecular weight excluding hydrogens is 344 g/mol. The van der Waals surface area contributed by atoms with Crippen molar-refractivity contribution in [3.8, 4) is 0 Å². The molecule has 20 heavy (non-hydrogen) atoms. The third-order valence-corrected chi connectivity index (χ3v) is 4.03. The number of nitrogens with zero attached hydrogens (tertiary/aromatic N) is 4. The number of halogens is 1. The van der Waals surface area contributed by atoms with Crippen LogP contribution < -0.4 is 0 Å². The van der Waals surface area contributed by atoms with Gasteiger partial charge in [0.2, 0.25) is 0 Å². The first-order chi connectivity index (χ1) is 9.58. The Morgan fingerprint density at radius 3 is 2.45 bits per heavy atom. The Labute approximate surface area is 127 Å². The van der Waals surface area contributed by atoms with Gasteiger partial charge in [-0.3, -0.25) is 0 Å². The molecule has 6 nitrogen and oxygen atoms in total. The van der Waals surface area contributed by atoms with Gasteiger partial charge in [-0.1, -0.05) is 34.1 Å². The van der Waals surface area contributed by atoms with E-state index in [4.69, 9.17) is 0 Å². The van der Waals surface area contributed by atoms with Crippen molar-refractivity contribution in [2.45, 2.75) is 0 Å². The fourth-order valence-corrected chi connectivity index (χ4v) is 2.63. The van der Waals surface area contributed by atoms with E-state index in [1.54, 1.807) is 0 Å². The molecule has 0 aromatic heterocycles. The first kappa shape index (κ1) is 15.1. The van der Waals surface area contributed by atoms with Crippen LogP contribution in [-0.4, -0.2) is 57.3 Å². The summed E-state index contributed by atoms with van der Waals surface area (Å²) in [6.45, 7) is 3.39. The normalized spacial score (nSPS) is 17.1. The van der Waals surface area contributed by atoms with Crippen molar-refractivity contribution in [3.63, 3.8) is 0 Å². The lowest BCUT2D eigenvalue weighted by Crippen LogP contribution is -2.47. The number of hydrogen-bond acceptors (Lipinski definition) is 4. The topological polar surface area (TPSA) is 65.3 Å². The predicted octanol–water partition coefficient (Wildman–Crippen LogP) is 1.42. The molecule has 1 aromatic carbocycles. The standard InChI is InChI=1S/C12H15BrN4O2S/c1-16-6-8-17(9-7-16)12(14-15-20(18)19)10-4-2-3-5-11(10)13/h2-5H,6-9H2,1H3. The minimum atomic E-state index is -2.54. The van der Waals surface area contributed by atoms with Crippen LogP contribution in [0, 0.1) is 0 Å². The number of likely N-dealkylation sites (N-methyl/N-ethyl adjacent to an activating group) is 1. The molecule has 0 amide bonds. The Balaban J connectivity index is 2.38. The molecule has 0 spiro atoms. The molecule has 2 rings (SSSR count). The Hall–Kier alpha value is -1.25. The van der Waals surface area contributed by atoms with Gasteiger partial charge >= 0.3 is 10.5 Å². The summed E-state index contributed by atoms with van der Waals surface area (Å²) in [7, 11) is -0.484. The molecule has 0 radical (unpaired) electrons. The smallest absolute Gasteiger partial charge is 0.334 e. The van der Waals surface area contributed by atoms with Crippen molar-refractivity contribution in [3.05, 3.63) is 34.3 Å². The maximum absolute atomic E-state index is 10.6. The quantitative estimate of drug-likeness (QED) is 0.455. The average Bonchev–Trinajstić information content (AvgIpc) is 2.42. The third kappa shape index (κ3) is 3.87. The Bertz CT molecular complexity index is 629. The molecule has 108 valence electrons. The lowest BCUT2D eigenvalue weighted by Gasteiger charge is -2.34. The van der Waals surface area contributed by atoms with Crippen molar-refractivity contribution in [1.29, 1.82) is 0 Å². The Kier molecular flexibility index (Phi) is 5.27. The zero-order valence-electron chi connectivity index (χ0n) is 11.0. The molecule has 1 aliphatic heterocycles. The zero-order chi connectivity index (χ0) is 14.5. The number of benzene rings is 1. The van der Waals surface area contributed by atoms with Gasteiger partial charge in [0.1, 0.15) is 0 Å². The lowest BCUT2D eigenvalue weighted by molar-refractivity contribution is 0.215. The van der Waals surface area contributed by atoms with Gasteiger partial charge in [-0.25, -0.2) is 0 Å². The molecule has 0 atom stereocenters. The van der Waals surface area contributed by atoms with E-state index in [0.717, 1.165) is 36.2 Å². The van der Waals surface area contributed by atoms with Crippen LogP contribution in [0.4, 0.5) is 0 Å². The lowest BCUT2D eigenvalue weighted by atomic mass is 10.1. The van der Waals surface area contributed by atoms with E-state index in [1.807, 2.05) is 24.3 Å². The van der Waals surface area contributed by atoms with Crippen LogP contribution in [0.5, 0.6) is 0 Å². The van der Waals surface area contributed by atoms with Gasteiger partial charge in [0.25, 0.3) is 0 Å². The van der Waals surface area contributed by atoms with Gasteiger partial charge in [0.05, 0.1) is 0 Å². The number of piperazine rings is 1. The van der Waals surface area contributed by atoms with E-state index in [2.05, 4.69) is 42.4 Å². The van der Waals surface area contributed by atoms with Gasteiger partial charge in [-0.2, -0.15) is 8.42 Å². The summed E-state index contributed by atoms with van der Waals surface area (Å²) in [4.78, 5) is 4.27.